The molecule has 5 heteroatoms. The van der Waals surface area contributed by atoms with Gasteiger partial charge in [-0.25, -0.2) is 0 Å². The molecule has 1 atom stereocenters. The molecular formula is C13H18N2O3. The molecule has 0 bridgehead atoms. The molecule has 0 saturated heterocycles. The molecule has 5 nitrogen and oxygen atoms in total. The first-order chi connectivity index (χ1) is 8.76. The van der Waals surface area contributed by atoms with Gasteiger partial charge in [-0.3, -0.25) is 4.79 Å². The van der Waals surface area contributed by atoms with Gasteiger partial charge >= 0.3 is 0 Å². The first kappa shape index (κ1) is 12.7. The third-order valence-electron chi connectivity index (χ3n) is 2.97. The molecule has 0 spiro atoms. The van der Waals surface area contributed by atoms with Gasteiger partial charge in [0.25, 0.3) is 5.91 Å². The summed E-state index contributed by atoms with van der Waals surface area (Å²) < 4.78 is 10.8. The number of nitrogens with zero attached hydrogens (tertiary/aromatic N) is 1. The smallest absolute Gasteiger partial charge is 0.262 e. The third-order valence-corrected chi connectivity index (χ3v) is 2.97. The van der Waals surface area contributed by atoms with Gasteiger partial charge in [-0.05, 0) is 12.1 Å². The summed E-state index contributed by atoms with van der Waals surface area (Å²) in [6.07, 6.45) is -0.471. The van der Waals surface area contributed by atoms with Crippen LogP contribution in [0.15, 0.2) is 24.3 Å². The number of likely N-dealkylation sites (N-methyl/N-ethyl adjacent to an activating group) is 1. The number of ether oxygens (including phenoxy) is 2. The van der Waals surface area contributed by atoms with Crippen LogP contribution < -0.4 is 15.0 Å². The molecule has 0 unspecified atom stereocenters. The number of nitrogens with one attached hydrogen (secondary N) is 1. The number of hydrogen-bond acceptors (Lipinski definition) is 4. The SMILES string of the molecule is CNC(=O)[C@@H]1CN(CCOC)c2ccccc2O1. The lowest BCUT2D eigenvalue weighted by molar-refractivity contribution is -0.127. The fraction of sp³-hybridized carbons (Fsp3) is 0.462. The van der Waals surface area contributed by atoms with E-state index in [1.807, 2.05) is 24.3 Å². The van der Waals surface area contributed by atoms with E-state index in [9.17, 15) is 4.79 Å². The van der Waals surface area contributed by atoms with Crippen LogP contribution in [-0.2, 0) is 9.53 Å². The summed E-state index contributed by atoms with van der Waals surface area (Å²) in [5.41, 5.74) is 1.01. The van der Waals surface area contributed by atoms with Crippen molar-refractivity contribution >= 4 is 11.6 Å². The van der Waals surface area contributed by atoms with Crippen LogP contribution in [0.3, 0.4) is 0 Å². The van der Waals surface area contributed by atoms with E-state index >= 15 is 0 Å². The van der Waals surface area contributed by atoms with Gasteiger partial charge in [-0.15, -0.1) is 0 Å². The zero-order valence-electron chi connectivity index (χ0n) is 10.7. The summed E-state index contributed by atoms with van der Waals surface area (Å²) in [6.45, 7) is 1.90. The Morgan fingerprint density at radius 2 is 2.33 bits per heavy atom. The fourth-order valence-electron chi connectivity index (χ4n) is 2.02. The Kier molecular flexibility index (Phi) is 4.04. The Morgan fingerprint density at radius 3 is 3.06 bits per heavy atom. The van der Waals surface area contributed by atoms with Crippen molar-refractivity contribution in [3.05, 3.63) is 24.3 Å². The van der Waals surface area contributed by atoms with Gasteiger partial charge in [0.05, 0.1) is 18.8 Å². The molecule has 1 aromatic rings. The number of hydrogen-bond donors (Lipinski definition) is 1. The van der Waals surface area contributed by atoms with E-state index in [2.05, 4.69) is 10.2 Å². The molecule has 1 N–H and O–H groups in total. The summed E-state index contributed by atoms with van der Waals surface area (Å²) in [6, 6.07) is 7.73. The number of benzene rings is 1. The van der Waals surface area contributed by atoms with Gasteiger partial charge in [0, 0.05) is 20.7 Å². The van der Waals surface area contributed by atoms with Crippen molar-refractivity contribution in [3.8, 4) is 5.75 Å². The predicted molar refractivity (Wildman–Crippen MR) is 69.0 cm³/mol. The van der Waals surface area contributed by atoms with Crippen molar-refractivity contribution in [2.45, 2.75) is 6.10 Å². The standard InChI is InChI=1S/C13H18N2O3/c1-14-13(16)12-9-15(7-8-17-2)10-5-3-4-6-11(10)18-12/h3-6,12H,7-9H2,1-2H3,(H,14,16)/t12-/m0/s1. The number of carbonyl (C=O) groups excluding carboxylic acids is 1. The number of para-hydroxylation sites is 2. The van der Waals surface area contributed by atoms with Gasteiger partial charge in [0.15, 0.2) is 6.10 Å². The van der Waals surface area contributed by atoms with Crippen LogP contribution in [0.5, 0.6) is 5.75 Å². The highest BCUT2D eigenvalue weighted by molar-refractivity contribution is 5.83. The quantitative estimate of drug-likeness (QED) is 0.852. The molecule has 0 aliphatic carbocycles. The summed E-state index contributed by atoms with van der Waals surface area (Å²) in [5, 5.41) is 2.62. The van der Waals surface area contributed by atoms with Crippen LogP contribution in [0.1, 0.15) is 0 Å². The highest BCUT2D eigenvalue weighted by Crippen LogP contribution is 2.32. The van der Waals surface area contributed by atoms with E-state index in [0.29, 0.717) is 13.2 Å². The Bertz CT molecular complexity index is 422. The molecule has 1 aliphatic rings. The van der Waals surface area contributed by atoms with E-state index < -0.39 is 6.10 Å². The van der Waals surface area contributed by atoms with Crippen molar-refractivity contribution in [2.75, 3.05) is 38.8 Å². The van der Waals surface area contributed by atoms with Crippen molar-refractivity contribution in [3.63, 3.8) is 0 Å². The maximum absolute atomic E-state index is 11.7. The zero-order chi connectivity index (χ0) is 13.0. The monoisotopic (exact) mass is 250 g/mol. The molecule has 0 fully saturated rings. The molecule has 1 amide bonds. The lowest BCUT2D eigenvalue weighted by Crippen LogP contribution is -2.48. The van der Waals surface area contributed by atoms with Crippen LogP contribution in [0.25, 0.3) is 0 Å². The van der Waals surface area contributed by atoms with Crippen LogP contribution in [0, 0.1) is 0 Å². The molecule has 1 aromatic carbocycles. The maximum atomic E-state index is 11.7. The Morgan fingerprint density at radius 1 is 1.56 bits per heavy atom. The van der Waals surface area contributed by atoms with Gasteiger partial charge in [0.1, 0.15) is 5.75 Å². The lowest BCUT2D eigenvalue weighted by atomic mass is 10.2. The summed E-state index contributed by atoms with van der Waals surface area (Å²) in [4.78, 5) is 13.8. The van der Waals surface area contributed by atoms with Gasteiger partial charge in [-0.2, -0.15) is 0 Å². The second-order valence-electron chi connectivity index (χ2n) is 4.13. The minimum atomic E-state index is -0.471. The molecule has 18 heavy (non-hydrogen) atoms. The molecule has 98 valence electrons. The van der Waals surface area contributed by atoms with Gasteiger partial charge < -0.3 is 19.7 Å². The number of rotatable bonds is 4. The van der Waals surface area contributed by atoms with E-state index in [1.165, 1.54) is 0 Å². The highest BCUT2D eigenvalue weighted by atomic mass is 16.5. The Labute approximate surface area is 107 Å². The Hall–Kier alpha value is -1.75. The predicted octanol–water partition coefficient (Wildman–Crippen LogP) is 0.646. The molecule has 1 aliphatic heterocycles. The summed E-state index contributed by atoms with van der Waals surface area (Å²) in [5.74, 6) is 0.639. The molecular weight excluding hydrogens is 232 g/mol. The van der Waals surface area contributed by atoms with Gasteiger partial charge in [0.2, 0.25) is 0 Å². The fourth-order valence-corrected chi connectivity index (χ4v) is 2.02. The lowest BCUT2D eigenvalue weighted by Gasteiger charge is -2.35. The molecule has 1 heterocycles. The van der Waals surface area contributed by atoms with Crippen LogP contribution >= 0.6 is 0 Å². The molecule has 0 aromatic heterocycles. The Balaban J connectivity index is 2.20. The van der Waals surface area contributed by atoms with E-state index in [4.69, 9.17) is 9.47 Å². The largest absolute Gasteiger partial charge is 0.477 e. The number of anilines is 1. The second kappa shape index (κ2) is 5.73. The van der Waals surface area contributed by atoms with Crippen molar-refractivity contribution < 1.29 is 14.3 Å². The number of amides is 1. The zero-order valence-corrected chi connectivity index (χ0v) is 10.7. The minimum absolute atomic E-state index is 0.105. The summed E-state index contributed by atoms with van der Waals surface area (Å²) >= 11 is 0. The van der Waals surface area contributed by atoms with Crippen LogP contribution in [-0.4, -0.2) is 45.9 Å². The molecule has 2 rings (SSSR count). The van der Waals surface area contributed by atoms with E-state index in [0.717, 1.165) is 18.0 Å². The van der Waals surface area contributed by atoms with Gasteiger partial charge in [-0.1, -0.05) is 12.1 Å². The summed E-state index contributed by atoms with van der Waals surface area (Å²) in [7, 11) is 3.29. The van der Waals surface area contributed by atoms with E-state index in [1.54, 1.807) is 14.2 Å². The van der Waals surface area contributed by atoms with Crippen molar-refractivity contribution in [1.29, 1.82) is 0 Å². The maximum Gasteiger partial charge on any atom is 0.262 e. The number of methoxy groups -OCH3 is 1. The first-order valence-corrected chi connectivity index (χ1v) is 5.97. The average Bonchev–Trinajstić information content (AvgIpc) is 2.43. The third kappa shape index (κ3) is 2.56. The first-order valence-electron chi connectivity index (χ1n) is 5.97. The number of carbonyl (C=O) groups is 1. The molecule has 0 saturated carbocycles. The van der Waals surface area contributed by atoms with Crippen LogP contribution in [0.4, 0.5) is 5.69 Å². The minimum Gasteiger partial charge on any atom is -0.477 e. The molecule has 0 radical (unpaired) electrons. The average molecular weight is 250 g/mol. The highest BCUT2D eigenvalue weighted by Gasteiger charge is 2.29. The second-order valence-corrected chi connectivity index (χ2v) is 4.13. The van der Waals surface area contributed by atoms with E-state index in [-0.39, 0.29) is 5.91 Å². The normalized spacial score (nSPS) is 17.9. The van der Waals surface area contributed by atoms with Crippen LogP contribution in [0.2, 0.25) is 0 Å². The number of fused-ring (bicyclic) bond motifs is 1. The van der Waals surface area contributed by atoms with Crippen molar-refractivity contribution in [2.24, 2.45) is 0 Å². The topological polar surface area (TPSA) is 50.8 Å². The van der Waals surface area contributed by atoms with Crippen molar-refractivity contribution in [1.82, 2.24) is 5.32 Å².